The molecule has 0 amide bonds. The normalized spacial score (nSPS) is 9.20. The highest BCUT2D eigenvalue weighted by Gasteiger charge is 2.01. The molecule has 1 rings (SSSR count). The van der Waals surface area contributed by atoms with Crippen molar-refractivity contribution in [1.82, 2.24) is 0 Å². The van der Waals surface area contributed by atoms with Crippen LogP contribution < -0.4 is 0 Å². The fraction of sp³-hybridized carbons (Fsp3) is 0. The number of carboxylic acids is 1. The molecule has 0 aliphatic rings. The Morgan fingerprint density at radius 2 is 2.20 bits per heavy atom. The van der Waals surface area contributed by atoms with Crippen LogP contribution in [0.3, 0.4) is 0 Å². The molecule has 10 heavy (non-hydrogen) atoms. The van der Waals surface area contributed by atoms with Gasteiger partial charge in [-0.05, 0) is 12.1 Å². The highest BCUT2D eigenvalue weighted by molar-refractivity contribution is 5.87. The summed E-state index contributed by atoms with van der Waals surface area (Å²) < 4.78 is 0. The maximum Gasteiger partial charge on any atom is 0.336 e. The van der Waals surface area contributed by atoms with Crippen LogP contribution in [0.2, 0.25) is 0 Å². The van der Waals surface area contributed by atoms with Gasteiger partial charge in [-0.25, -0.2) is 4.79 Å². The van der Waals surface area contributed by atoms with Crippen LogP contribution in [-0.4, -0.2) is 16.2 Å². The number of hydrogen-bond donors (Lipinski definition) is 2. The van der Waals surface area contributed by atoms with E-state index in [4.69, 9.17) is 10.2 Å². The number of benzene rings is 1. The first-order valence-electron chi connectivity index (χ1n) is 2.65. The summed E-state index contributed by atoms with van der Waals surface area (Å²) in [5.74, 6) is -1.24. The molecule has 0 unspecified atom stereocenters. The number of carbonyl (C=O) groups is 1. The highest BCUT2D eigenvalue weighted by atomic mass is 16.4. The Bertz CT molecular complexity index is 255. The molecule has 0 saturated carbocycles. The van der Waals surface area contributed by atoms with Crippen LogP contribution in [0.1, 0.15) is 10.4 Å². The Hall–Kier alpha value is -1.51. The summed E-state index contributed by atoms with van der Waals surface area (Å²) in [4.78, 5) is 10.2. The minimum Gasteiger partial charge on any atom is -0.507 e. The molecule has 0 saturated heterocycles. The van der Waals surface area contributed by atoms with Gasteiger partial charge in [0.25, 0.3) is 0 Å². The molecule has 0 aliphatic heterocycles. The number of aromatic hydroxyl groups is 1. The van der Waals surface area contributed by atoms with E-state index < -0.39 is 5.97 Å². The summed E-state index contributed by atoms with van der Waals surface area (Å²) >= 11 is 0. The third-order valence-corrected chi connectivity index (χ3v) is 1.01. The summed E-state index contributed by atoms with van der Waals surface area (Å²) in [7, 11) is 0. The second-order valence-electron chi connectivity index (χ2n) is 1.75. The van der Waals surface area contributed by atoms with Gasteiger partial charge in [-0.3, -0.25) is 0 Å². The zero-order valence-electron chi connectivity index (χ0n) is 5.03. The number of carboxylic acid groups (broad SMARTS) is 1. The van der Waals surface area contributed by atoms with E-state index >= 15 is 0 Å². The second kappa shape index (κ2) is 2.39. The quantitative estimate of drug-likeness (QED) is 0.604. The van der Waals surface area contributed by atoms with Crippen molar-refractivity contribution in [3.05, 3.63) is 29.8 Å². The minimum atomic E-state index is -1.09. The molecular weight excluding hydrogens is 132 g/mol. The van der Waals surface area contributed by atoms with Crippen LogP contribution in [-0.2, 0) is 0 Å². The Morgan fingerprint density at radius 3 is 2.60 bits per heavy atom. The minimum absolute atomic E-state index is 0.0278. The first kappa shape index (κ1) is 6.61. The maximum atomic E-state index is 10.2. The van der Waals surface area contributed by atoms with Crippen molar-refractivity contribution in [1.29, 1.82) is 0 Å². The van der Waals surface area contributed by atoms with Gasteiger partial charge in [0, 0.05) is 6.07 Å². The third-order valence-electron chi connectivity index (χ3n) is 1.01. The van der Waals surface area contributed by atoms with Gasteiger partial charge < -0.3 is 10.2 Å². The van der Waals surface area contributed by atoms with Gasteiger partial charge in [-0.2, -0.15) is 0 Å². The van der Waals surface area contributed by atoms with Crippen LogP contribution in [0.15, 0.2) is 18.2 Å². The summed E-state index contributed by atoms with van der Waals surface area (Å²) in [6.07, 6.45) is 0. The number of rotatable bonds is 1. The van der Waals surface area contributed by atoms with Crippen molar-refractivity contribution >= 4 is 5.97 Å². The topological polar surface area (TPSA) is 57.5 Å². The zero-order valence-corrected chi connectivity index (χ0v) is 5.03. The standard InChI is InChI=1S/C7H5O3/c8-6-3-1-2-5(4-6)7(9)10/h1-3,8H,(H,9,10). The molecule has 3 heteroatoms. The molecule has 1 radical (unpaired) electrons. The number of hydrogen-bond acceptors (Lipinski definition) is 2. The lowest BCUT2D eigenvalue weighted by atomic mass is 10.2. The van der Waals surface area contributed by atoms with E-state index in [1.165, 1.54) is 18.2 Å². The summed E-state index contributed by atoms with van der Waals surface area (Å²) in [6.45, 7) is 0. The first-order chi connectivity index (χ1) is 4.70. The second-order valence-corrected chi connectivity index (χ2v) is 1.75. The molecule has 1 aromatic rings. The molecule has 2 N–H and O–H groups in total. The molecule has 0 fully saturated rings. The van der Waals surface area contributed by atoms with Crippen LogP contribution in [0.4, 0.5) is 0 Å². The lowest BCUT2D eigenvalue weighted by Crippen LogP contribution is -1.94. The smallest absolute Gasteiger partial charge is 0.336 e. The molecule has 0 aromatic heterocycles. The zero-order chi connectivity index (χ0) is 7.56. The summed E-state index contributed by atoms with van der Waals surface area (Å²) in [5, 5.41) is 17.1. The third kappa shape index (κ3) is 1.25. The summed E-state index contributed by atoms with van der Waals surface area (Å²) in [6, 6.07) is 6.45. The average molecular weight is 137 g/mol. The van der Waals surface area contributed by atoms with Crippen molar-refractivity contribution in [2.45, 2.75) is 0 Å². The van der Waals surface area contributed by atoms with Gasteiger partial charge in [-0.15, -0.1) is 0 Å². The first-order valence-corrected chi connectivity index (χ1v) is 2.65. The van der Waals surface area contributed by atoms with E-state index in [2.05, 4.69) is 6.07 Å². The number of phenols is 1. The predicted octanol–water partition coefficient (Wildman–Crippen LogP) is 0.891. The van der Waals surface area contributed by atoms with Crippen LogP contribution in [0.5, 0.6) is 5.75 Å². The molecule has 0 atom stereocenters. The van der Waals surface area contributed by atoms with Gasteiger partial charge in [-0.1, -0.05) is 6.07 Å². The lowest BCUT2D eigenvalue weighted by molar-refractivity contribution is 0.0696. The van der Waals surface area contributed by atoms with E-state index in [9.17, 15) is 4.79 Å². The largest absolute Gasteiger partial charge is 0.507 e. The van der Waals surface area contributed by atoms with Gasteiger partial charge in [0.05, 0.1) is 5.56 Å². The molecule has 1 aromatic carbocycles. The predicted molar refractivity (Wildman–Crippen MR) is 33.9 cm³/mol. The van der Waals surface area contributed by atoms with E-state index in [-0.39, 0.29) is 11.3 Å². The monoisotopic (exact) mass is 137 g/mol. The lowest BCUT2D eigenvalue weighted by Gasteiger charge is -1.91. The number of phenolic OH excluding ortho intramolecular Hbond substituents is 1. The molecule has 3 nitrogen and oxygen atoms in total. The van der Waals surface area contributed by atoms with Gasteiger partial charge in [0.15, 0.2) is 0 Å². The fourth-order valence-electron chi connectivity index (χ4n) is 0.582. The van der Waals surface area contributed by atoms with Crippen molar-refractivity contribution in [3.8, 4) is 5.75 Å². The Balaban J connectivity index is 3.07. The van der Waals surface area contributed by atoms with Gasteiger partial charge in [0.1, 0.15) is 5.75 Å². The van der Waals surface area contributed by atoms with Crippen LogP contribution in [0.25, 0.3) is 0 Å². The maximum absolute atomic E-state index is 10.2. The van der Waals surface area contributed by atoms with Crippen molar-refractivity contribution < 1.29 is 15.0 Å². The Kier molecular flexibility index (Phi) is 1.58. The Morgan fingerprint density at radius 1 is 1.50 bits per heavy atom. The highest BCUT2D eigenvalue weighted by Crippen LogP contribution is 2.08. The molecule has 0 aliphatic carbocycles. The van der Waals surface area contributed by atoms with Crippen molar-refractivity contribution in [2.24, 2.45) is 0 Å². The van der Waals surface area contributed by atoms with Gasteiger partial charge in [0.2, 0.25) is 0 Å². The van der Waals surface area contributed by atoms with E-state index in [1.807, 2.05) is 0 Å². The average Bonchev–Trinajstić information content (AvgIpc) is 1.88. The molecule has 0 heterocycles. The van der Waals surface area contributed by atoms with Crippen molar-refractivity contribution in [2.75, 3.05) is 0 Å². The molecular formula is C7H5O3. The number of aromatic carboxylic acids is 1. The van der Waals surface area contributed by atoms with Crippen LogP contribution >= 0.6 is 0 Å². The summed E-state index contributed by atoms with van der Waals surface area (Å²) in [5.41, 5.74) is -0.0278. The van der Waals surface area contributed by atoms with E-state index in [0.717, 1.165) is 0 Å². The van der Waals surface area contributed by atoms with Crippen LogP contribution in [0, 0.1) is 6.07 Å². The SMILES string of the molecule is O=C(O)c1[c]c(O)ccc1. The van der Waals surface area contributed by atoms with E-state index in [1.54, 1.807) is 0 Å². The van der Waals surface area contributed by atoms with E-state index in [0.29, 0.717) is 0 Å². The van der Waals surface area contributed by atoms with Gasteiger partial charge >= 0.3 is 5.97 Å². The molecule has 0 spiro atoms. The molecule has 51 valence electrons. The Labute approximate surface area is 57.5 Å². The molecule has 0 bridgehead atoms. The fourth-order valence-corrected chi connectivity index (χ4v) is 0.582. The van der Waals surface area contributed by atoms with Crippen molar-refractivity contribution in [3.63, 3.8) is 0 Å².